The van der Waals surface area contributed by atoms with E-state index < -0.39 is 47.9 Å². The molecule has 4 unspecified atom stereocenters. The minimum atomic E-state index is -1.43. The van der Waals surface area contributed by atoms with E-state index in [2.05, 4.69) is 20.9 Å². The standard InChI is InChI=1S/C15H29N7O6/c1-7(14(27)28)20-13(26)11(8(2)23)22-12(25)9(21-10(24)6-16)4-3-5-19-15(17)18/h7-9,11,23H,3-6,16H2,1-2H3,(H,20,26)(H,21,24)(H,22,25)(H,27,28)(H4,17,18,19). The van der Waals surface area contributed by atoms with Crippen molar-refractivity contribution in [1.29, 1.82) is 0 Å². The normalized spacial score (nSPS) is 14.7. The Morgan fingerprint density at radius 2 is 1.64 bits per heavy atom. The fourth-order valence-corrected chi connectivity index (χ4v) is 2.05. The van der Waals surface area contributed by atoms with Crippen LogP contribution in [0, 0.1) is 0 Å². The Hall–Kier alpha value is -2.93. The summed E-state index contributed by atoms with van der Waals surface area (Å²) in [5.74, 6) is -3.64. The summed E-state index contributed by atoms with van der Waals surface area (Å²) in [4.78, 5) is 50.9. The van der Waals surface area contributed by atoms with Crippen LogP contribution in [0.4, 0.5) is 0 Å². The molecular weight excluding hydrogens is 374 g/mol. The lowest BCUT2D eigenvalue weighted by Crippen LogP contribution is -2.59. The number of hydrogen-bond donors (Lipinski definition) is 8. The molecule has 0 heterocycles. The van der Waals surface area contributed by atoms with Gasteiger partial charge in [0.2, 0.25) is 17.7 Å². The van der Waals surface area contributed by atoms with Gasteiger partial charge in [0.1, 0.15) is 18.1 Å². The third-order valence-electron chi connectivity index (χ3n) is 3.57. The molecule has 0 aliphatic rings. The molecule has 0 bridgehead atoms. The number of carboxylic acids is 1. The largest absolute Gasteiger partial charge is 0.480 e. The van der Waals surface area contributed by atoms with Gasteiger partial charge in [-0.2, -0.15) is 0 Å². The zero-order chi connectivity index (χ0) is 21.9. The summed E-state index contributed by atoms with van der Waals surface area (Å²) in [5, 5.41) is 25.5. The highest BCUT2D eigenvalue weighted by atomic mass is 16.4. The molecule has 0 fully saturated rings. The van der Waals surface area contributed by atoms with Crippen LogP contribution < -0.4 is 33.2 Å². The van der Waals surface area contributed by atoms with Crippen LogP contribution >= 0.6 is 0 Å². The van der Waals surface area contributed by atoms with Gasteiger partial charge in [-0.3, -0.25) is 24.2 Å². The second-order valence-electron chi connectivity index (χ2n) is 6.07. The maximum Gasteiger partial charge on any atom is 0.325 e. The highest BCUT2D eigenvalue weighted by Gasteiger charge is 2.30. The highest BCUT2D eigenvalue weighted by Crippen LogP contribution is 2.02. The van der Waals surface area contributed by atoms with Gasteiger partial charge in [0.05, 0.1) is 12.6 Å². The molecule has 0 aliphatic carbocycles. The van der Waals surface area contributed by atoms with Gasteiger partial charge >= 0.3 is 5.97 Å². The minimum absolute atomic E-state index is 0.120. The Labute approximate surface area is 162 Å². The molecule has 0 aromatic heterocycles. The number of nitrogens with zero attached hydrogens (tertiary/aromatic N) is 1. The predicted molar refractivity (Wildman–Crippen MR) is 99.7 cm³/mol. The second kappa shape index (κ2) is 12.5. The Balaban J connectivity index is 5.12. The molecule has 13 nitrogen and oxygen atoms in total. The summed E-state index contributed by atoms with van der Waals surface area (Å²) >= 11 is 0. The molecule has 3 amide bonds. The van der Waals surface area contributed by atoms with E-state index in [1.807, 2.05) is 0 Å². The van der Waals surface area contributed by atoms with Crippen molar-refractivity contribution in [3.05, 3.63) is 0 Å². The number of amides is 3. The van der Waals surface area contributed by atoms with Gasteiger partial charge in [-0.1, -0.05) is 0 Å². The molecule has 13 heteroatoms. The van der Waals surface area contributed by atoms with Crippen molar-refractivity contribution in [3.8, 4) is 0 Å². The fourth-order valence-electron chi connectivity index (χ4n) is 2.05. The lowest BCUT2D eigenvalue weighted by Gasteiger charge is -2.25. The number of carbonyl (C=O) groups is 4. The summed E-state index contributed by atoms with van der Waals surface area (Å²) < 4.78 is 0. The van der Waals surface area contributed by atoms with Crippen LogP contribution in [0.1, 0.15) is 26.7 Å². The maximum absolute atomic E-state index is 12.5. The fraction of sp³-hybridized carbons (Fsp3) is 0.667. The summed E-state index contributed by atoms with van der Waals surface area (Å²) in [5.41, 5.74) is 15.7. The number of nitrogens with one attached hydrogen (secondary N) is 3. The number of carbonyl (C=O) groups excluding carboxylic acids is 3. The molecule has 0 aliphatic heterocycles. The number of rotatable bonds is 12. The van der Waals surface area contributed by atoms with Crippen LogP contribution in [0.5, 0.6) is 0 Å². The number of hydrogen-bond acceptors (Lipinski definition) is 7. The summed E-state index contributed by atoms with van der Waals surface area (Å²) in [6, 6.07) is -3.71. The SMILES string of the molecule is CC(NC(=O)C(NC(=O)C(CCCN=C(N)N)NC(=O)CN)C(C)O)C(=O)O. The van der Waals surface area contributed by atoms with E-state index in [1.165, 1.54) is 13.8 Å². The van der Waals surface area contributed by atoms with Crippen LogP contribution in [-0.4, -0.2) is 77.2 Å². The predicted octanol–water partition coefficient (Wildman–Crippen LogP) is -4.06. The van der Waals surface area contributed by atoms with E-state index in [4.69, 9.17) is 22.3 Å². The minimum Gasteiger partial charge on any atom is -0.480 e. The quantitative estimate of drug-likeness (QED) is 0.0897. The number of nitrogens with two attached hydrogens (primary N) is 3. The summed E-state index contributed by atoms with van der Waals surface area (Å²) in [6.07, 6.45) is -0.853. The number of guanidine groups is 1. The summed E-state index contributed by atoms with van der Waals surface area (Å²) in [7, 11) is 0. The zero-order valence-electron chi connectivity index (χ0n) is 15.8. The first-order chi connectivity index (χ1) is 13.0. The Morgan fingerprint density at radius 3 is 2.11 bits per heavy atom. The van der Waals surface area contributed by atoms with Gasteiger partial charge in [-0.05, 0) is 26.7 Å². The highest BCUT2D eigenvalue weighted by molar-refractivity contribution is 5.93. The van der Waals surface area contributed by atoms with Gasteiger partial charge in [0.25, 0.3) is 0 Å². The molecule has 0 spiro atoms. The Bertz CT molecular complexity index is 591. The van der Waals surface area contributed by atoms with Gasteiger partial charge in [-0.25, -0.2) is 0 Å². The lowest BCUT2D eigenvalue weighted by atomic mass is 10.1. The van der Waals surface area contributed by atoms with Gasteiger partial charge < -0.3 is 43.4 Å². The van der Waals surface area contributed by atoms with Crippen molar-refractivity contribution in [3.63, 3.8) is 0 Å². The van der Waals surface area contributed by atoms with E-state index in [9.17, 15) is 24.3 Å². The van der Waals surface area contributed by atoms with Crippen molar-refractivity contribution in [2.45, 2.75) is 50.9 Å². The molecule has 4 atom stereocenters. The molecule has 160 valence electrons. The molecule has 0 aromatic carbocycles. The number of aliphatic hydroxyl groups excluding tert-OH is 1. The molecule has 0 saturated carbocycles. The van der Waals surface area contributed by atoms with Crippen LogP contribution in [0.25, 0.3) is 0 Å². The third kappa shape index (κ3) is 9.68. The van der Waals surface area contributed by atoms with Gasteiger partial charge in [-0.15, -0.1) is 0 Å². The van der Waals surface area contributed by atoms with Crippen LogP contribution in [0.3, 0.4) is 0 Å². The van der Waals surface area contributed by atoms with E-state index in [0.29, 0.717) is 6.42 Å². The maximum atomic E-state index is 12.5. The number of aliphatic carboxylic acids is 1. The summed E-state index contributed by atoms with van der Waals surface area (Å²) in [6.45, 7) is 2.34. The van der Waals surface area contributed by atoms with Crippen molar-refractivity contribution in [2.75, 3.05) is 13.1 Å². The lowest BCUT2D eigenvalue weighted by molar-refractivity contribution is -0.142. The molecule has 0 radical (unpaired) electrons. The third-order valence-corrected chi connectivity index (χ3v) is 3.57. The van der Waals surface area contributed by atoms with Crippen molar-refractivity contribution in [1.82, 2.24) is 16.0 Å². The van der Waals surface area contributed by atoms with Crippen molar-refractivity contribution >= 4 is 29.7 Å². The molecule has 0 rings (SSSR count). The van der Waals surface area contributed by atoms with E-state index in [-0.39, 0.29) is 25.5 Å². The van der Waals surface area contributed by atoms with Crippen molar-refractivity contribution in [2.24, 2.45) is 22.2 Å². The van der Waals surface area contributed by atoms with E-state index in [1.54, 1.807) is 0 Å². The van der Waals surface area contributed by atoms with E-state index in [0.717, 1.165) is 0 Å². The Morgan fingerprint density at radius 1 is 1.04 bits per heavy atom. The van der Waals surface area contributed by atoms with Crippen LogP contribution in [0.15, 0.2) is 4.99 Å². The van der Waals surface area contributed by atoms with Crippen LogP contribution in [-0.2, 0) is 19.2 Å². The molecule has 28 heavy (non-hydrogen) atoms. The van der Waals surface area contributed by atoms with Crippen LogP contribution in [0.2, 0.25) is 0 Å². The van der Waals surface area contributed by atoms with Gasteiger partial charge in [0, 0.05) is 6.54 Å². The first-order valence-electron chi connectivity index (χ1n) is 8.56. The second-order valence-corrected chi connectivity index (χ2v) is 6.07. The monoisotopic (exact) mass is 403 g/mol. The van der Waals surface area contributed by atoms with E-state index >= 15 is 0 Å². The topological polar surface area (TPSA) is 235 Å². The average Bonchev–Trinajstić information content (AvgIpc) is 2.60. The average molecular weight is 403 g/mol. The molecular formula is C15H29N7O6. The Kier molecular flexibility index (Phi) is 11.2. The first kappa shape index (κ1) is 25.1. The molecule has 0 aromatic rings. The number of carboxylic acid groups (broad SMARTS) is 1. The molecule has 0 saturated heterocycles. The number of aliphatic imine (C=N–C) groups is 1. The zero-order valence-corrected chi connectivity index (χ0v) is 15.8. The smallest absolute Gasteiger partial charge is 0.325 e. The van der Waals surface area contributed by atoms with Gasteiger partial charge in [0.15, 0.2) is 5.96 Å². The first-order valence-corrected chi connectivity index (χ1v) is 8.56. The molecule has 11 N–H and O–H groups in total. The van der Waals surface area contributed by atoms with Crippen molar-refractivity contribution < 1.29 is 29.4 Å². The number of aliphatic hydroxyl groups is 1.